The maximum Gasteiger partial charge on any atom is 0.191 e. The normalized spacial score (nSPS) is 16.8. The predicted octanol–water partition coefficient (Wildman–Crippen LogP) is 2.59. The summed E-state index contributed by atoms with van der Waals surface area (Å²) in [5, 5.41) is 0. The first-order chi connectivity index (χ1) is 9.08. The lowest BCUT2D eigenvalue weighted by Gasteiger charge is -2.27. The van der Waals surface area contributed by atoms with Crippen LogP contribution in [-0.2, 0) is 6.54 Å². The Kier molecular flexibility index (Phi) is 5.04. The highest BCUT2D eigenvalue weighted by molar-refractivity contribution is 9.10. The fraction of sp³-hybridized carbons (Fsp3) is 0.417. The summed E-state index contributed by atoms with van der Waals surface area (Å²) in [5.74, 6) is 0.773. The quantitative estimate of drug-likeness (QED) is 0.507. The van der Waals surface area contributed by atoms with Crippen LogP contribution < -0.4 is 5.73 Å². The summed E-state index contributed by atoms with van der Waals surface area (Å²) in [6.45, 7) is 1.98. The van der Waals surface area contributed by atoms with Crippen LogP contribution in [0.3, 0.4) is 0 Å². The SMILES string of the molecule is NC(=NCc1cc(F)c(F)cc1Br)N1CCSCC1. The molecule has 0 radical (unpaired) electrons. The number of guanidine groups is 1. The standard InChI is InChI=1S/C12H14BrF2N3S/c13-9-6-11(15)10(14)5-8(9)7-17-12(16)18-1-3-19-4-2-18/h5-6H,1-4,7H2,(H2,16,17). The number of benzene rings is 1. The summed E-state index contributed by atoms with van der Waals surface area (Å²) in [5.41, 5.74) is 6.47. The summed E-state index contributed by atoms with van der Waals surface area (Å²) in [6.07, 6.45) is 0. The van der Waals surface area contributed by atoms with E-state index < -0.39 is 11.6 Å². The number of nitrogens with two attached hydrogens (primary N) is 1. The molecule has 104 valence electrons. The lowest BCUT2D eigenvalue weighted by molar-refractivity contribution is 0.455. The van der Waals surface area contributed by atoms with Crippen LogP contribution in [0.5, 0.6) is 0 Å². The monoisotopic (exact) mass is 349 g/mol. The first kappa shape index (κ1) is 14.6. The molecule has 1 fully saturated rings. The molecule has 1 heterocycles. The molecule has 0 amide bonds. The minimum absolute atomic E-state index is 0.229. The van der Waals surface area contributed by atoms with E-state index >= 15 is 0 Å². The molecule has 1 aliphatic heterocycles. The van der Waals surface area contributed by atoms with Crippen molar-refractivity contribution in [2.24, 2.45) is 10.7 Å². The summed E-state index contributed by atoms with van der Waals surface area (Å²) in [4.78, 5) is 6.25. The van der Waals surface area contributed by atoms with Gasteiger partial charge in [-0.3, -0.25) is 0 Å². The zero-order valence-corrected chi connectivity index (χ0v) is 12.6. The van der Waals surface area contributed by atoms with E-state index in [0.717, 1.165) is 36.7 Å². The van der Waals surface area contributed by atoms with Gasteiger partial charge in [0.25, 0.3) is 0 Å². The van der Waals surface area contributed by atoms with Gasteiger partial charge < -0.3 is 10.6 Å². The molecule has 2 rings (SSSR count). The van der Waals surface area contributed by atoms with E-state index in [1.807, 2.05) is 16.7 Å². The molecule has 1 saturated heterocycles. The zero-order chi connectivity index (χ0) is 13.8. The Morgan fingerprint density at radius 2 is 1.95 bits per heavy atom. The Bertz CT molecular complexity index is 490. The predicted molar refractivity (Wildman–Crippen MR) is 78.3 cm³/mol. The highest BCUT2D eigenvalue weighted by Gasteiger charge is 2.13. The van der Waals surface area contributed by atoms with Crippen molar-refractivity contribution >= 4 is 33.7 Å². The summed E-state index contributed by atoms with van der Waals surface area (Å²) >= 11 is 5.08. The minimum atomic E-state index is -0.874. The molecule has 0 spiro atoms. The van der Waals surface area contributed by atoms with Gasteiger partial charge in [0.15, 0.2) is 17.6 Å². The number of hydrogen-bond donors (Lipinski definition) is 1. The molecule has 1 aromatic carbocycles. The first-order valence-electron chi connectivity index (χ1n) is 5.84. The van der Waals surface area contributed by atoms with Crippen molar-refractivity contribution in [3.8, 4) is 0 Å². The topological polar surface area (TPSA) is 41.6 Å². The van der Waals surface area contributed by atoms with E-state index in [9.17, 15) is 8.78 Å². The third kappa shape index (κ3) is 3.82. The number of rotatable bonds is 2. The number of hydrogen-bond acceptors (Lipinski definition) is 2. The number of halogens is 3. The molecular formula is C12H14BrF2N3S. The van der Waals surface area contributed by atoms with Crippen LogP contribution in [0.4, 0.5) is 8.78 Å². The molecular weight excluding hydrogens is 336 g/mol. The minimum Gasteiger partial charge on any atom is -0.370 e. The van der Waals surface area contributed by atoms with Gasteiger partial charge >= 0.3 is 0 Å². The molecule has 3 nitrogen and oxygen atoms in total. The van der Waals surface area contributed by atoms with Gasteiger partial charge in [0.05, 0.1) is 6.54 Å². The Balaban J connectivity index is 2.06. The largest absolute Gasteiger partial charge is 0.370 e. The van der Waals surface area contributed by atoms with Crippen LogP contribution in [0.15, 0.2) is 21.6 Å². The summed E-state index contributed by atoms with van der Waals surface area (Å²) in [7, 11) is 0. The third-order valence-electron chi connectivity index (χ3n) is 2.84. The molecule has 0 saturated carbocycles. The van der Waals surface area contributed by atoms with Crippen molar-refractivity contribution < 1.29 is 8.78 Å². The van der Waals surface area contributed by atoms with Crippen molar-refractivity contribution in [3.63, 3.8) is 0 Å². The summed E-state index contributed by atoms with van der Waals surface area (Å²) in [6, 6.07) is 2.25. The van der Waals surface area contributed by atoms with Crippen LogP contribution in [0, 0.1) is 11.6 Å². The molecule has 7 heteroatoms. The maximum atomic E-state index is 13.1. The number of nitrogens with zero attached hydrogens (tertiary/aromatic N) is 2. The first-order valence-corrected chi connectivity index (χ1v) is 7.78. The Morgan fingerprint density at radius 1 is 1.32 bits per heavy atom. The molecule has 1 aliphatic rings. The van der Waals surface area contributed by atoms with Crippen molar-refractivity contribution in [1.29, 1.82) is 0 Å². The van der Waals surface area contributed by atoms with Crippen LogP contribution >= 0.6 is 27.7 Å². The molecule has 0 unspecified atom stereocenters. The van der Waals surface area contributed by atoms with E-state index in [1.54, 1.807) is 0 Å². The third-order valence-corrected chi connectivity index (χ3v) is 4.52. The van der Waals surface area contributed by atoms with Crippen LogP contribution in [0.25, 0.3) is 0 Å². The number of aliphatic imine (C=N–C) groups is 1. The molecule has 2 N–H and O–H groups in total. The van der Waals surface area contributed by atoms with E-state index in [-0.39, 0.29) is 6.54 Å². The second-order valence-electron chi connectivity index (χ2n) is 4.13. The van der Waals surface area contributed by atoms with Crippen molar-refractivity contribution in [2.75, 3.05) is 24.6 Å². The summed E-state index contributed by atoms with van der Waals surface area (Å²) < 4.78 is 26.6. The van der Waals surface area contributed by atoms with Crippen LogP contribution in [0.2, 0.25) is 0 Å². The van der Waals surface area contributed by atoms with Crippen molar-refractivity contribution in [1.82, 2.24) is 4.90 Å². The molecule has 0 aromatic heterocycles. The highest BCUT2D eigenvalue weighted by atomic mass is 79.9. The van der Waals surface area contributed by atoms with Gasteiger partial charge in [0, 0.05) is 29.1 Å². The van der Waals surface area contributed by atoms with Crippen molar-refractivity contribution in [3.05, 3.63) is 33.8 Å². The van der Waals surface area contributed by atoms with Gasteiger partial charge in [-0.05, 0) is 17.7 Å². The smallest absolute Gasteiger partial charge is 0.191 e. The number of thioether (sulfide) groups is 1. The zero-order valence-electron chi connectivity index (χ0n) is 10.2. The Labute approximate surface area is 123 Å². The van der Waals surface area contributed by atoms with Gasteiger partial charge in [0.2, 0.25) is 0 Å². The van der Waals surface area contributed by atoms with E-state index in [1.165, 1.54) is 0 Å². The molecule has 19 heavy (non-hydrogen) atoms. The molecule has 1 aromatic rings. The highest BCUT2D eigenvalue weighted by Crippen LogP contribution is 2.21. The molecule has 0 aliphatic carbocycles. The maximum absolute atomic E-state index is 13.1. The van der Waals surface area contributed by atoms with Crippen molar-refractivity contribution in [2.45, 2.75) is 6.54 Å². The fourth-order valence-corrected chi connectivity index (χ4v) is 3.09. The second-order valence-corrected chi connectivity index (χ2v) is 6.21. The lowest BCUT2D eigenvalue weighted by Crippen LogP contribution is -2.42. The van der Waals surface area contributed by atoms with E-state index in [0.29, 0.717) is 16.0 Å². The molecule has 0 atom stereocenters. The fourth-order valence-electron chi connectivity index (χ4n) is 1.74. The average Bonchev–Trinajstić information content (AvgIpc) is 2.42. The average molecular weight is 350 g/mol. The molecule has 0 bridgehead atoms. The van der Waals surface area contributed by atoms with Crippen LogP contribution in [0.1, 0.15) is 5.56 Å². The van der Waals surface area contributed by atoms with E-state index in [4.69, 9.17) is 5.73 Å². The van der Waals surface area contributed by atoms with Crippen LogP contribution in [-0.4, -0.2) is 35.5 Å². The lowest BCUT2D eigenvalue weighted by atomic mass is 10.2. The Morgan fingerprint density at radius 3 is 2.63 bits per heavy atom. The van der Waals surface area contributed by atoms with Gasteiger partial charge in [-0.25, -0.2) is 13.8 Å². The van der Waals surface area contributed by atoms with Gasteiger partial charge in [-0.15, -0.1) is 0 Å². The van der Waals surface area contributed by atoms with Gasteiger partial charge in [0.1, 0.15) is 0 Å². The van der Waals surface area contributed by atoms with E-state index in [2.05, 4.69) is 20.9 Å². The Hall–Kier alpha value is -0.820. The van der Waals surface area contributed by atoms with Gasteiger partial charge in [-0.1, -0.05) is 15.9 Å². The van der Waals surface area contributed by atoms with Gasteiger partial charge in [-0.2, -0.15) is 11.8 Å². The second kappa shape index (κ2) is 6.56.